The minimum Gasteiger partial charge on any atom is -0.497 e. The summed E-state index contributed by atoms with van der Waals surface area (Å²) in [5.74, 6) is 2.08. The molecule has 3 aromatic carbocycles. The number of aryl methyl sites for hydroxylation is 2. The van der Waals surface area contributed by atoms with E-state index >= 15 is 0 Å². The van der Waals surface area contributed by atoms with Crippen molar-refractivity contribution >= 4 is 35.1 Å². The molecular formula is C26H26ClN5O2S. The van der Waals surface area contributed by atoms with Crippen LogP contribution in [0.4, 0.5) is 10.5 Å². The molecule has 0 radical (unpaired) electrons. The smallest absolute Gasteiger partial charge is 0.319 e. The van der Waals surface area contributed by atoms with Crippen LogP contribution < -0.4 is 15.4 Å². The highest BCUT2D eigenvalue weighted by Crippen LogP contribution is 2.29. The number of rotatable bonds is 8. The highest BCUT2D eigenvalue weighted by molar-refractivity contribution is 7.98. The van der Waals surface area contributed by atoms with E-state index in [9.17, 15) is 4.79 Å². The fraction of sp³-hybridized carbons (Fsp3) is 0.192. The van der Waals surface area contributed by atoms with Crippen molar-refractivity contribution in [2.24, 2.45) is 0 Å². The SMILES string of the molecule is COc1cccc(CSc2nnc(CNC(=O)Nc3ccccc3C)n2-c2cc(Cl)ccc2C)c1. The van der Waals surface area contributed by atoms with Gasteiger partial charge in [-0.2, -0.15) is 0 Å². The Morgan fingerprint density at radius 1 is 1.03 bits per heavy atom. The van der Waals surface area contributed by atoms with Gasteiger partial charge in [0.1, 0.15) is 5.75 Å². The van der Waals surface area contributed by atoms with Crippen LogP contribution in [0, 0.1) is 13.8 Å². The fourth-order valence-electron chi connectivity index (χ4n) is 3.52. The third kappa shape index (κ3) is 6.15. The number of methoxy groups -OCH3 is 1. The Morgan fingerprint density at radius 2 is 1.86 bits per heavy atom. The highest BCUT2D eigenvalue weighted by Gasteiger charge is 2.18. The Morgan fingerprint density at radius 3 is 2.66 bits per heavy atom. The second-order valence-electron chi connectivity index (χ2n) is 7.93. The number of thioether (sulfide) groups is 1. The molecule has 0 saturated heterocycles. The summed E-state index contributed by atoms with van der Waals surface area (Å²) in [5.41, 5.74) is 4.72. The molecule has 4 aromatic rings. The molecule has 1 heterocycles. The maximum atomic E-state index is 12.6. The van der Waals surface area contributed by atoms with E-state index < -0.39 is 0 Å². The van der Waals surface area contributed by atoms with E-state index in [1.54, 1.807) is 18.9 Å². The molecule has 0 aliphatic carbocycles. The Balaban J connectivity index is 1.57. The van der Waals surface area contributed by atoms with Crippen LogP contribution in [0.15, 0.2) is 71.9 Å². The number of urea groups is 1. The number of carbonyl (C=O) groups excluding carboxylic acids is 1. The van der Waals surface area contributed by atoms with Gasteiger partial charge in [-0.15, -0.1) is 10.2 Å². The molecule has 0 spiro atoms. The number of para-hydroxylation sites is 1. The number of hydrogen-bond acceptors (Lipinski definition) is 5. The zero-order chi connectivity index (χ0) is 24.8. The van der Waals surface area contributed by atoms with E-state index in [0.717, 1.165) is 33.8 Å². The van der Waals surface area contributed by atoms with Gasteiger partial charge in [0.25, 0.3) is 0 Å². The first kappa shape index (κ1) is 24.6. The van der Waals surface area contributed by atoms with Crippen molar-refractivity contribution in [1.29, 1.82) is 0 Å². The van der Waals surface area contributed by atoms with Crippen molar-refractivity contribution in [3.05, 3.63) is 94.3 Å². The van der Waals surface area contributed by atoms with Gasteiger partial charge in [-0.05, 0) is 60.9 Å². The molecule has 2 N–H and O–H groups in total. The number of benzene rings is 3. The van der Waals surface area contributed by atoms with Crippen LogP contribution in [-0.4, -0.2) is 27.9 Å². The van der Waals surface area contributed by atoms with Crippen molar-refractivity contribution in [1.82, 2.24) is 20.1 Å². The number of halogens is 1. The van der Waals surface area contributed by atoms with E-state index in [1.807, 2.05) is 85.1 Å². The van der Waals surface area contributed by atoms with Crippen molar-refractivity contribution in [3.8, 4) is 11.4 Å². The minimum absolute atomic E-state index is 0.191. The number of amides is 2. The summed E-state index contributed by atoms with van der Waals surface area (Å²) in [6, 6.07) is 20.9. The molecule has 9 heteroatoms. The third-order valence-electron chi connectivity index (χ3n) is 5.41. The summed E-state index contributed by atoms with van der Waals surface area (Å²) in [4.78, 5) is 12.6. The van der Waals surface area contributed by atoms with Gasteiger partial charge in [-0.25, -0.2) is 4.79 Å². The Kier molecular flexibility index (Phi) is 7.94. The molecule has 0 unspecified atom stereocenters. The lowest BCUT2D eigenvalue weighted by Crippen LogP contribution is -2.29. The highest BCUT2D eigenvalue weighted by atomic mass is 35.5. The summed E-state index contributed by atoms with van der Waals surface area (Å²) in [6.07, 6.45) is 0. The normalized spacial score (nSPS) is 10.7. The molecule has 0 saturated carbocycles. The van der Waals surface area contributed by atoms with Gasteiger partial charge in [0.15, 0.2) is 11.0 Å². The van der Waals surface area contributed by atoms with Crippen LogP contribution in [0.1, 0.15) is 22.5 Å². The average molecular weight is 508 g/mol. The third-order valence-corrected chi connectivity index (χ3v) is 6.65. The Bertz CT molecular complexity index is 1340. The van der Waals surface area contributed by atoms with Crippen LogP contribution >= 0.6 is 23.4 Å². The molecular weight excluding hydrogens is 482 g/mol. The maximum absolute atomic E-state index is 12.6. The number of anilines is 1. The number of carbonyl (C=O) groups is 1. The van der Waals surface area contributed by atoms with E-state index in [-0.39, 0.29) is 12.6 Å². The lowest BCUT2D eigenvalue weighted by Gasteiger charge is -2.14. The van der Waals surface area contributed by atoms with Gasteiger partial charge in [0.05, 0.1) is 19.3 Å². The topological polar surface area (TPSA) is 81.1 Å². The first-order valence-corrected chi connectivity index (χ1v) is 12.4. The van der Waals surface area contributed by atoms with Gasteiger partial charge in [-0.3, -0.25) is 4.57 Å². The van der Waals surface area contributed by atoms with Gasteiger partial charge >= 0.3 is 6.03 Å². The van der Waals surface area contributed by atoms with Crippen molar-refractivity contribution < 1.29 is 9.53 Å². The second-order valence-corrected chi connectivity index (χ2v) is 9.31. The lowest BCUT2D eigenvalue weighted by atomic mass is 10.2. The number of nitrogens with zero attached hydrogens (tertiary/aromatic N) is 3. The zero-order valence-corrected chi connectivity index (χ0v) is 21.3. The van der Waals surface area contributed by atoms with Crippen molar-refractivity contribution in [2.75, 3.05) is 12.4 Å². The lowest BCUT2D eigenvalue weighted by molar-refractivity contribution is 0.251. The second kappa shape index (κ2) is 11.3. The molecule has 0 atom stereocenters. The number of aromatic nitrogens is 3. The Labute approximate surface area is 213 Å². The summed E-state index contributed by atoms with van der Waals surface area (Å²) in [5, 5.41) is 15.9. The Hall–Kier alpha value is -3.49. The summed E-state index contributed by atoms with van der Waals surface area (Å²) in [7, 11) is 1.65. The number of ether oxygens (including phenoxy) is 1. The predicted octanol–water partition coefficient (Wildman–Crippen LogP) is 6.16. The summed E-state index contributed by atoms with van der Waals surface area (Å²) < 4.78 is 7.28. The molecule has 1 aromatic heterocycles. The summed E-state index contributed by atoms with van der Waals surface area (Å²) in [6.45, 7) is 4.14. The molecule has 0 aliphatic rings. The van der Waals surface area contributed by atoms with E-state index in [0.29, 0.717) is 21.8 Å². The molecule has 180 valence electrons. The monoisotopic (exact) mass is 507 g/mol. The minimum atomic E-state index is -0.317. The standard InChI is InChI=1S/C26H26ClN5O2S/c1-17-7-4-5-10-22(17)29-25(33)28-15-24-30-31-26(32(24)23-14-20(27)12-11-18(23)2)35-16-19-8-6-9-21(13-19)34-3/h4-14H,15-16H2,1-3H3,(H2,28,29,33). The van der Waals surface area contributed by atoms with Crippen molar-refractivity contribution in [2.45, 2.75) is 31.3 Å². The largest absolute Gasteiger partial charge is 0.497 e. The molecule has 0 aliphatic heterocycles. The van der Waals surface area contributed by atoms with Crippen LogP contribution in [0.2, 0.25) is 5.02 Å². The molecule has 0 bridgehead atoms. The van der Waals surface area contributed by atoms with Crippen LogP contribution in [0.3, 0.4) is 0 Å². The van der Waals surface area contributed by atoms with Crippen LogP contribution in [0.25, 0.3) is 5.69 Å². The van der Waals surface area contributed by atoms with Gasteiger partial charge in [0.2, 0.25) is 0 Å². The zero-order valence-electron chi connectivity index (χ0n) is 19.7. The molecule has 7 nitrogen and oxygen atoms in total. The molecule has 4 rings (SSSR count). The fourth-order valence-corrected chi connectivity index (χ4v) is 4.60. The maximum Gasteiger partial charge on any atom is 0.319 e. The molecule has 35 heavy (non-hydrogen) atoms. The van der Waals surface area contributed by atoms with E-state index in [2.05, 4.69) is 20.8 Å². The van der Waals surface area contributed by atoms with E-state index in [1.165, 1.54) is 0 Å². The first-order valence-electron chi connectivity index (χ1n) is 11.0. The van der Waals surface area contributed by atoms with Gasteiger partial charge < -0.3 is 15.4 Å². The number of hydrogen-bond donors (Lipinski definition) is 2. The van der Waals surface area contributed by atoms with Crippen molar-refractivity contribution in [3.63, 3.8) is 0 Å². The quantitative estimate of drug-likeness (QED) is 0.279. The summed E-state index contributed by atoms with van der Waals surface area (Å²) >= 11 is 7.87. The predicted molar refractivity (Wildman–Crippen MR) is 141 cm³/mol. The molecule has 0 fully saturated rings. The number of nitrogens with one attached hydrogen (secondary N) is 2. The van der Waals surface area contributed by atoms with Gasteiger partial charge in [-0.1, -0.05) is 59.8 Å². The average Bonchev–Trinajstić information content (AvgIpc) is 3.27. The van der Waals surface area contributed by atoms with Gasteiger partial charge in [0, 0.05) is 16.5 Å². The van der Waals surface area contributed by atoms with Crippen LogP contribution in [-0.2, 0) is 12.3 Å². The molecule has 2 amide bonds. The van der Waals surface area contributed by atoms with Crippen LogP contribution in [0.5, 0.6) is 5.75 Å². The van der Waals surface area contributed by atoms with E-state index in [4.69, 9.17) is 16.3 Å². The first-order chi connectivity index (χ1) is 16.9.